The molecule has 2 saturated heterocycles. The Morgan fingerprint density at radius 3 is 2.27 bits per heavy atom. The molecule has 0 bridgehead atoms. The van der Waals surface area contributed by atoms with Crippen molar-refractivity contribution >= 4 is 0 Å². The first-order chi connectivity index (χ1) is 14.3. The van der Waals surface area contributed by atoms with Gasteiger partial charge in [0, 0.05) is 6.61 Å². The normalized spacial score (nSPS) is 39.2. The second-order valence-corrected chi connectivity index (χ2v) is 7.47. The molecule has 0 aliphatic carbocycles. The van der Waals surface area contributed by atoms with Crippen molar-refractivity contribution in [3.05, 3.63) is 29.8 Å². The number of benzene rings is 1. The van der Waals surface area contributed by atoms with Gasteiger partial charge in [-0.15, -0.1) is 0 Å². The van der Waals surface area contributed by atoms with Crippen LogP contribution in [0, 0.1) is 0 Å². The Hall–Kier alpha value is -1.38. The van der Waals surface area contributed by atoms with E-state index in [0.29, 0.717) is 12.2 Å². The van der Waals surface area contributed by atoms with Crippen molar-refractivity contribution in [2.75, 3.05) is 26.4 Å². The lowest BCUT2D eigenvalue weighted by molar-refractivity contribution is -0.289. The van der Waals surface area contributed by atoms with Crippen molar-refractivity contribution in [3.63, 3.8) is 0 Å². The fraction of sp³-hybridized carbons (Fsp3) is 0.684. The van der Waals surface area contributed by atoms with Crippen LogP contribution in [0.3, 0.4) is 0 Å². The van der Waals surface area contributed by atoms with Gasteiger partial charge in [0.1, 0.15) is 41.9 Å². The smallest absolute Gasteiger partial charge is 0.229 e. The maximum atomic E-state index is 10.2. The molecule has 170 valence electrons. The number of hydrogen-bond acceptors (Lipinski definition) is 11. The molecule has 0 saturated carbocycles. The van der Waals surface area contributed by atoms with Gasteiger partial charge in [-0.3, -0.25) is 0 Å². The fourth-order valence-corrected chi connectivity index (χ4v) is 3.27. The van der Waals surface area contributed by atoms with E-state index in [4.69, 9.17) is 29.2 Å². The molecule has 11 nitrogen and oxygen atoms in total. The molecule has 8 atom stereocenters. The molecule has 1 aromatic carbocycles. The third kappa shape index (κ3) is 4.92. The maximum absolute atomic E-state index is 10.2. The molecule has 2 heterocycles. The lowest BCUT2D eigenvalue weighted by Crippen LogP contribution is -2.60. The van der Waals surface area contributed by atoms with Crippen LogP contribution in [0.25, 0.3) is 0 Å². The van der Waals surface area contributed by atoms with E-state index in [-0.39, 0.29) is 19.8 Å². The molecule has 0 unspecified atom stereocenters. The van der Waals surface area contributed by atoms with Crippen molar-refractivity contribution in [1.82, 2.24) is 0 Å². The van der Waals surface area contributed by atoms with Gasteiger partial charge in [0.25, 0.3) is 0 Å². The lowest BCUT2D eigenvalue weighted by atomic mass is 9.99. The average Bonchev–Trinajstić information content (AvgIpc) is 3.04. The van der Waals surface area contributed by atoms with Gasteiger partial charge in [0.15, 0.2) is 6.29 Å². The van der Waals surface area contributed by atoms with Gasteiger partial charge >= 0.3 is 0 Å². The minimum absolute atomic E-state index is 0.00548. The van der Waals surface area contributed by atoms with E-state index in [1.165, 1.54) is 0 Å². The number of rotatable bonds is 8. The molecule has 0 aromatic heterocycles. The van der Waals surface area contributed by atoms with Crippen LogP contribution in [-0.2, 0) is 20.6 Å². The molecule has 2 aliphatic heterocycles. The number of aliphatic hydroxyl groups is 7. The van der Waals surface area contributed by atoms with Gasteiger partial charge in [0.2, 0.25) is 6.29 Å². The summed E-state index contributed by atoms with van der Waals surface area (Å²) in [5.41, 5.74) is -0.977. The number of hydrogen-bond donors (Lipinski definition) is 7. The predicted molar refractivity (Wildman–Crippen MR) is 98.3 cm³/mol. The molecule has 0 amide bonds. The summed E-state index contributed by atoms with van der Waals surface area (Å²) in [7, 11) is 0. The quantitative estimate of drug-likeness (QED) is 0.221. The monoisotopic (exact) mass is 432 g/mol. The molecule has 0 radical (unpaired) electrons. The van der Waals surface area contributed by atoms with Gasteiger partial charge in [-0.25, -0.2) is 0 Å². The van der Waals surface area contributed by atoms with E-state index >= 15 is 0 Å². The van der Waals surface area contributed by atoms with Gasteiger partial charge in [-0.05, 0) is 24.1 Å². The minimum Gasteiger partial charge on any atom is -0.462 e. The summed E-state index contributed by atoms with van der Waals surface area (Å²) in [6.45, 7) is -1.42. The van der Waals surface area contributed by atoms with Crippen molar-refractivity contribution < 1.29 is 54.7 Å². The summed E-state index contributed by atoms with van der Waals surface area (Å²) in [5, 5.41) is 68.6. The SMILES string of the molecule is OCCc1ccc(O[C@@H]2O[C@H](CO[C@@H]3OC[C@@](O)(CO)[C@@H]3O)[C@@H](O)[C@H](O)[C@H]2O)cc1. The Morgan fingerprint density at radius 2 is 1.67 bits per heavy atom. The second-order valence-electron chi connectivity index (χ2n) is 7.47. The molecule has 3 rings (SSSR count). The first kappa shape index (κ1) is 23.3. The first-order valence-electron chi connectivity index (χ1n) is 9.59. The van der Waals surface area contributed by atoms with Crippen LogP contribution >= 0.6 is 0 Å². The van der Waals surface area contributed by atoms with E-state index in [0.717, 1.165) is 5.56 Å². The summed E-state index contributed by atoms with van der Waals surface area (Å²) < 4.78 is 21.6. The lowest BCUT2D eigenvalue weighted by Gasteiger charge is -2.40. The minimum atomic E-state index is -1.86. The summed E-state index contributed by atoms with van der Waals surface area (Å²) >= 11 is 0. The Balaban J connectivity index is 1.60. The summed E-state index contributed by atoms with van der Waals surface area (Å²) in [6, 6.07) is 6.69. The molecule has 1 aromatic rings. The topological polar surface area (TPSA) is 179 Å². The highest BCUT2D eigenvalue weighted by molar-refractivity contribution is 5.27. The standard InChI is InChI=1S/C19H28O11/c20-6-5-10-1-3-11(4-2-10)29-17-15(24)14(23)13(22)12(30-17)7-27-18-16(25)19(26,8-21)9-28-18/h1-4,12-18,20-26H,5-9H2/t12-,13-,14+,15-,16-,17-,18-,19+/m1/s1. The Morgan fingerprint density at radius 1 is 0.967 bits per heavy atom. The Labute approximate surface area is 172 Å². The van der Waals surface area contributed by atoms with Crippen LogP contribution in [-0.4, -0.2) is 111 Å². The Kier molecular flexibility index (Phi) is 7.63. The highest BCUT2D eigenvalue weighted by Crippen LogP contribution is 2.28. The number of aliphatic hydroxyl groups excluding tert-OH is 6. The number of ether oxygens (including phenoxy) is 4. The largest absolute Gasteiger partial charge is 0.462 e. The van der Waals surface area contributed by atoms with Crippen LogP contribution in [0.5, 0.6) is 5.75 Å². The average molecular weight is 432 g/mol. The van der Waals surface area contributed by atoms with Crippen molar-refractivity contribution in [1.29, 1.82) is 0 Å². The predicted octanol–water partition coefficient (Wildman–Crippen LogP) is -3.13. The van der Waals surface area contributed by atoms with Crippen molar-refractivity contribution in [3.8, 4) is 5.75 Å². The Bertz CT molecular complexity index is 671. The van der Waals surface area contributed by atoms with Gasteiger partial charge < -0.3 is 54.7 Å². The van der Waals surface area contributed by atoms with E-state index in [9.17, 15) is 25.5 Å². The zero-order valence-corrected chi connectivity index (χ0v) is 16.1. The highest BCUT2D eigenvalue weighted by Gasteiger charge is 2.50. The molecule has 30 heavy (non-hydrogen) atoms. The third-order valence-corrected chi connectivity index (χ3v) is 5.25. The summed E-state index contributed by atoms with van der Waals surface area (Å²) in [6.07, 6.45) is -9.42. The molecule has 11 heteroatoms. The fourth-order valence-electron chi connectivity index (χ4n) is 3.27. The van der Waals surface area contributed by atoms with Gasteiger partial charge in [-0.1, -0.05) is 12.1 Å². The van der Waals surface area contributed by atoms with Crippen LogP contribution in [0.1, 0.15) is 5.56 Å². The molecule has 2 aliphatic rings. The first-order valence-corrected chi connectivity index (χ1v) is 9.59. The second kappa shape index (κ2) is 9.83. The maximum Gasteiger partial charge on any atom is 0.229 e. The van der Waals surface area contributed by atoms with E-state index in [1.54, 1.807) is 24.3 Å². The van der Waals surface area contributed by atoms with E-state index < -0.39 is 55.3 Å². The van der Waals surface area contributed by atoms with Crippen LogP contribution < -0.4 is 4.74 Å². The molecule has 7 N–H and O–H groups in total. The van der Waals surface area contributed by atoms with Crippen LogP contribution in [0.15, 0.2) is 24.3 Å². The van der Waals surface area contributed by atoms with Crippen molar-refractivity contribution in [2.24, 2.45) is 0 Å². The molecular weight excluding hydrogens is 404 g/mol. The van der Waals surface area contributed by atoms with Gasteiger partial charge in [0.05, 0.1) is 19.8 Å². The molecule has 2 fully saturated rings. The van der Waals surface area contributed by atoms with Gasteiger partial charge in [-0.2, -0.15) is 0 Å². The molecular formula is C19H28O11. The van der Waals surface area contributed by atoms with Crippen LogP contribution in [0.2, 0.25) is 0 Å². The third-order valence-electron chi connectivity index (χ3n) is 5.25. The van der Waals surface area contributed by atoms with E-state index in [1.807, 2.05) is 0 Å². The van der Waals surface area contributed by atoms with E-state index in [2.05, 4.69) is 0 Å². The highest BCUT2D eigenvalue weighted by atomic mass is 16.7. The van der Waals surface area contributed by atoms with Crippen molar-refractivity contribution in [2.45, 2.75) is 55.1 Å². The molecule has 0 spiro atoms. The summed E-state index contributed by atoms with van der Waals surface area (Å²) in [5.74, 6) is 0.339. The zero-order valence-electron chi connectivity index (χ0n) is 16.1. The zero-order chi connectivity index (χ0) is 21.9. The van der Waals surface area contributed by atoms with Crippen LogP contribution in [0.4, 0.5) is 0 Å². The summed E-state index contributed by atoms with van der Waals surface area (Å²) in [4.78, 5) is 0.